The van der Waals surface area contributed by atoms with E-state index in [0.29, 0.717) is 12.5 Å². The van der Waals surface area contributed by atoms with Gasteiger partial charge in [-0.2, -0.15) is 13.2 Å². The van der Waals surface area contributed by atoms with Crippen molar-refractivity contribution in [3.8, 4) is 0 Å². The Morgan fingerprint density at radius 1 is 1.10 bits per heavy atom. The Hall–Kier alpha value is -1.68. The largest absolute Gasteiger partial charge is 0.416 e. The fraction of sp³-hybridized carbons (Fsp3) is 0.650. The Morgan fingerprint density at radius 2 is 1.73 bits per heavy atom. The number of carbonyl (C=O) groups is 1. The van der Waals surface area contributed by atoms with Crippen molar-refractivity contribution in [3.63, 3.8) is 0 Å². The van der Waals surface area contributed by atoms with E-state index in [1.165, 1.54) is 0 Å². The van der Waals surface area contributed by atoms with Crippen LogP contribution in [0.25, 0.3) is 0 Å². The highest BCUT2D eigenvalue weighted by Gasteiger charge is 2.48. The molecule has 0 aliphatic heterocycles. The first-order valence-electron chi connectivity index (χ1n) is 10.1. The quantitative estimate of drug-likeness (QED) is 0.685. The van der Waals surface area contributed by atoms with Crippen LogP contribution in [0.1, 0.15) is 56.9 Å². The molecule has 0 spiro atoms. The number of alkyl halides is 4. The maximum absolute atomic E-state index is 15.4. The van der Waals surface area contributed by atoms with Gasteiger partial charge in [-0.1, -0.05) is 18.9 Å². The highest BCUT2D eigenvalue weighted by molar-refractivity contribution is 7.92. The molecule has 3 rings (SSSR count). The minimum Gasteiger partial charge on any atom is -0.353 e. The van der Waals surface area contributed by atoms with Gasteiger partial charge >= 0.3 is 6.18 Å². The summed E-state index contributed by atoms with van der Waals surface area (Å²) in [5.74, 6) is -0.496. The molecule has 168 valence electrons. The number of hydrogen-bond acceptors (Lipinski definition) is 4. The van der Waals surface area contributed by atoms with Crippen LogP contribution in [0.4, 0.5) is 17.6 Å². The summed E-state index contributed by atoms with van der Waals surface area (Å²) in [5.41, 5.74) is 4.87. The first-order chi connectivity index (χ1) is 13.9. The van der Waals surface area contributed by atoms with E-state index in [1.54, 1.807) is 0 Å². The lowest BCUT2D eigenvalue weighted by atomic mass is 9.84. The molecule has 0 unspecified atom stereocenters. The van der Waals surface area contributed by atoms with Gasteiger partial charge in [0, 0.05) is 12.1 Å². The molecule has 0 heterocycles. The molecule has 30 heavy (non-hydrogen) atoms. The molecule has 2 aliphatic carbocycles. The molecule has 1 amide bonds. The van der Waals surface area contributed by atoms with Gasteiger partial charge in [0.15, 0.2) is 0 Å². The van der Waals surface area contributed by atoms with Crippen LogP contribution in [-0.4, -0.2) is 31.4 Å². The van der Waals surface area contributed by atoms with E-state index in [4.69, 9.17) is 5.73 Å². The average molecular weight is 450 g/mol. The topological polar surface area (TPSA) is 89.3 Å². The number of benzene rings is 1. The van der Waals surface area contributed by atoms with Gasteiger partial charge in [0.1, 0.15) is 0 Å². The summed E-state index contributed by atoms with van der Waals surface area (Å²) in [7, 11) is -4.62. The average Bonchev–Trinajstić information content (AvgIpc) is 2.69. The van der Waals surface area contributed by atoms with Crippen LogP contribution in [0.2, 0.25) is 0 Å². The molecule has 1 aromatic carbocycles. The summed E-state index contributed by atoms with van der Waals surface area (Å²) in [4.78, 5) is 11.8. The Balaban J connectivity index is 1.67. The normalized spacial score (nSPS) is 30.6. The Bertz CT molecular complexity index is 880. The first kappa shape index (κ1) is 23.0. The van der Waals surface area contributed by atoms with Crippen molar-refractivity contribution >= 4 is 15.7 Å². The maximum atomic E-state index is 15.4. The van der Waals surface area contributed by atoms with E-state index >= 15 is 4.39 Å². The number of hydrogen-bond donors (Lipinski definition) is 2. The number of carbonyl (C=O) groups excluding carboxylic acids is 1. The SMILES string of the molecule is N[C@@H]1CCCC[C@H]1C(=O)NC1CCC(F)(S(=O)(=O)c2cccc(C(F)(F)F)c2)CC1. The van der Waals surface area contributed by atoms with Crippen molar-refractivity contribution in [2.45, 2.75) is 79.5 Å². The second kappa shape index (κ2) is 8.45. The third kappa shape index (κ3) is 4.64. The molecule has 3 N–H and O–H groups in total. The fourth-order valence-corrected chi connectivity index (χ4v) is 6.04. The maximum Gasteiger partial charge on any atom is 0.416 e. The summed E-state index contributed by atoms with van der Waals surface area (Å²) in [5, 5.41) is 0.181. The molecule has 0 radical (unpaired) electrons. The predicted molar refractivity (Wildman–Crippen MR) is 103 cm³/mol. The van der Waals surface area contributed by atoms with Crippen LogP contribution in [0.3, 0.4) is 0 Å². The molecule has 2 saturated carbocycles. The summed E-state index contributed by atoms with van der Waals surface area (Å²) in [6.45, 7) is 0. The lowest BCUT2D eigenvalue weighted by Crippen LogP contribution is -2.49. The minimum absolute atomic E-state index is 0.0857. The standard InChI is InChI=1S/C20H26F4N2O3S/c21-19(30(28,29)15-5-3-4-13(12-15)20(22,23)24)10-8-14(9-11-19)26-18(27)16-6-1-2-7-17(16)25/h3-5,12,14,16-17H,1-2,6-11,25H2,(H,26,27)/t14?,16-,17-,19?/m1/s1. The van der Waals surface area contributed by atoms with Crippen molar-refractivity contribution in [3.05, 3.63) is 29.8 Å². The number of halogens is 4. The molecule has 2 aliphatic rings. The van der Waals surface area contributed by atoms with Gasteiger partial charge in [-0.3, -0.25) is 4.79 Å². The molecule has 2 atom stereocenters. The van der Waals surface area contributed by atoms with Crippen LogP contribution >= 0.6 is 0 Å². The van der Waals surface area contributed by atoms with Crippen LogP contribution in [0, 0.1) is 5.92 Å². The lowest BCUT2D eigenvalue weighted by Gasteiger charge is -2.35. The third-order valence-electron chi connectivity index (χ3n) is 6.19. The zero-order valence-corrected chi connectivity index (χ0v) is 17.2. The van der Waals surface area contributed by atoms with Crippen LogP contribution in [-0.2, 0) is 20.8 Å². The predicted octanol–water partition coefficient (Wildman–Crippen LogP) is 3.72. The van der Waals surface area contributed by atoms with Gasteiger partial charge in [-0.05, 0) is 56.7 Å². The summed E-state index contributed by atoms with van der Waals surface area (Å²) < 4.78 is 79.6. The van der Waals surface area contributed by atoms with Gasteiger partial charge in [0.05, 0.1) is 16.4 Å². The van der Waals surface area contributed by atoms with Crippen LogP contribution in [0.5, 0.6) is 0 Å². The van der Waals surface area contributed by atoms with E-state index < -0.39 is 44.3 Å². The smallest absolute Gasteiger partial charge is 0.353 e. The van der Waals surface area contributed by atoms with Crippen LogP contribution in [0.15, 0.2) is 29.2 Å². The molecule has 0 bridgehead atoms. The van der Waals surface area contributed by atoms with E-state index in [1.807, 2.05) is 0 Å². The molecule has 1 aromatic rings. The van der Waals surface area contributed by atoms with Crippen molar-refractivity contribution < 1.29 is 30.8 Å². The molecule has 0 aromatic heterocycles. The van der Waals surface area contributed by atoms with Crippen molar-refractivity contribution in [2.24, 2.45) is 11.7 Å². The van der Waals surface area contributed by atoms with E-state index in [9.17, 15) is 26.4 Å². The van der Waals surface area contributed by atoms with Gasteiger partial charge < -0.3 is 11.1 Å². The summed E-state index contributed by atoms with van der Waals surface area (Å²) >= 11 is 0. The molecule has 5 nitrogen and oxygen atoms in total. The van der Waals surface area contributed by atoms with Gasteiger partial charge in [-0.25, -0.2) is 12.8 Å². The van der Waals surface area contributed by atoms with Crippen LogP contribution < -0.4 is 11.1 Å². The van der Waals surface area contributed by atoms with E-state index in [2.05, 4.69) is 5.32 Å². The number of rotatable bonds is 4. The molecule has 2 fully saturated rings. The number of amides is 1. The van der Waals surface area contributed by atoms with Crippen molar-refractivity contribution in [1.82, 2.24) is 5.32 Å². The van der Waals surface area contributed by atoms with Gasteiger partial charge in [0.2, 0.25) is 20.7 Å². The summed E-state index contributed by atoms with van der Waals surface area (Å²) in [6.07, 6.45) is -1.99. The highest BCUT2D eigenvalue weighted by atomic mass is 32.2. The molecule has 0 saturated heterocycles. The summed E-state index contributed by atoms with van der Waals surface area (Å²) in [6, 6.07) is 2.54. The molecular formula is C20H26F4N2O3S. The molecular weight excluding hydrogens is 424 g/mol. The number of nitrogens with one attached hydrogen (secondary N) is 1. The van der Waals surface area contributed by atoms with E-state index in [0.717, 1.165) is 37.5 Å². The second-order valence-corrected chi connectivity index (χ2v) is 10.5. The van der Waals surface area contributed by atoms with Crippen molar-refractivity contribution in [2.75, 3.05) is 0 Å². The lowest BCUT2D eigenvalue weighted by molar-refractivity contribution is -0.137. The number of nitrogens with two attached hydrogens (primary N) is 1. The Kier molecular flexibility index (Phi) is 6.48. The highest BCUT2D eigenvalue weighted by Crippen LogP contribution is 2.41. The van der Waals surface area contributed by atoms with Gasteiger partial charge in [-0.15, -0.1) is 0 Å². The van der Waals surface area contributed by atoms with E-state index in [-0.39, 0.29) is 36.8 Å². The Morgan fingerprint density at radius 3 is 2.33 bits per heavy atom. The second-order valence-electron chi connectivity index (χ2n) is 8.25. The Labute approximate surface area is 173 Å². The van der Waals surface area contributed by atoms with Crippen molar-refractivity contribution in [1.29, 1.82) is 0 Å². The minimum atomic E-state index is -4.73. The van der Waals surface area contributed by atoms with Gasteiger partial charge in [0.25, 0.3) is 0 Å². The zero-order valence-electron chi connectivity index (χ0n) is 16.4. The fourth-order valence-electron chi connectivity index (χ4n) is 4.31. The zero-order chi connectivity index (χ0) is 22.2. The number of sulfone groups is 1. The molecule has 10 heteroatoms. The first-order valence-corrected chi connectivity index (χ1v) is 11.6. The third-order valence-corrected chi connectivity index (χ3v) is 8.43. The monoisotopic (exact) mass is 450 g/mol.